The quantitative estimate of drug-likeness (QED) is 0.265. The van der Waals surface area contributed by atoms with Crippen molar-refractivity contribution in [3.05, 3.63) is 28.3 Å². The van der Waals surface area contributed by atoms with E-state index < -0.39 is 81.7 Å². The molecule has 0 amide bonds. The molecule has 0 aromatic heterocycles. The van der Waals surface area contributed by atoms with Crippen LogP contribution in [0.25, 0.3) is 5.57 Å². The highest BCUT2D eigenvalue weighted by Crippen LogP contribution is 2.59. The molecule has 16 heteroatoms. The zero-order valence-electron chi connectivity index (χ0n) is 13.7. The van der Waals surface area contributed by atoms with Gasteiger partial charge in [-0.3, -0.25) is 0 Å². The smallest absolute Gasteiger partial charge is 0.420 e. The van der Waals surface area contributed by atoms with E-state index in [1.807, 2.05) is 0 Å². The van der Waals surface area contributed by atoms with Crippen molar-refractivity contribution in [3.8, 4) is 5.75 Å². The molecule has 0 spiro atoms. The van der Waals surface area contributed by atoms with Crippen LogP contribution >= 0.6 is 0 Å². The van der Waals surface area contributed by atoms with Crippen molar-refractivity contribution in [2.24, 2.45) is 5.73 Å². The first-order valence-electron chi connectivity index (χ1n) is 7.24. The van der Waals surface area contributed by atoms with E-state index in [0.29, 0.717) is 0 Å². The number of nitrogens with two attached hydrogens (primary N) is 2. The molecule has 0 heterocycles. The van der Waals surface area contributed by atoms with Crippen molar-refractivity contribution in [3.63, 3.8) is 0 Å². The molecule has 2 atom stereocenters. The van der Waals surface area contributed by atoms with Gasteiger partial charge in [0.1, 0.15) is 11.7 Å². The predicted molar refractivity (Wildman–Crippen MR) is 74.5 cm³/mol. The van der Waals surface area contributed by atoms with E-state index in [0.717, 1.165) is 0 Å². The van der Waals surface area contributed by atoms with E-state index in [4.69, 9.17) is 11.5 Å². The second-order valence-corrected chi connectivity index (χ2v) is 6.15. The largest absolute Gasteiger partial charge is 0.505 e. The van der Waals surface area contributed by atoms with Crippen LogP contribution in [0, 0.1) is 0 Å². The van der Waals surface area contributed by atoms with E-state index in [1.165, 1.54) is 0 Å². The highest BCUT2D eigenvalue weighted by molar-refractivity contribution is 5.86. The molecule has 1 aromatic rings. The van der Waals surface area contributed by atoms with Gasteiger partial charge >= 0.3 is 24.7 Å². The number of halogens is 12. The van der Waals surface area contributed by atoms with Gasteiger partial charge in [0, 0.05) is 11.1 Å². The lowest BCUT2D eigenvalue weighted by atomic mass is 9.70. The van der Waals surface area contributed by atoms with E-state index >= 15 is 0 Å². The molecular formula is C14H8F12N2O2. The molecule has 0 saturated heterocycles. The first-order chi connectivity index (χ1) is 13.1. The lowest BCUT2D eigenvalue weighted by Crippen LogP contribution is -2.61. The minimum absolute atomic E-state index is 0.790. The van der Waals surface area contributed by atoms with Crippen molar-refractivity contribution in [2.45, 2.75) is 36.3 Å². The van der Waals surface area contributed by atoms with Crippen LogP contribution in [0.3, 0.4) is 0 Å². The van der Waals surface area contributed by atoms with E-state index in [2.05, 4.69) is 0 Å². The molecule has 2 rings (SSSR count). The van der Waals surface area contributed by atoms with Gasteiger partial charge in [-0.05, 0) is 6.08 Å². The van der Waals surface area contributed by atoms with Crippen LogP contribution in [-0.2, 0) is 17.9 Å². The Morgan fingerprint density at radius 2 is 1.23 bits per heavy atom. The van der Waals surface area contributed by atoms with Crippen LogP contribution in [0.1, 0.15) is 22.3 Å². The second-order valence-electron chi connectivity index (χ2n) is 6.15. The van der Waals surface area contributed by atoms with Crippen LogP contribution < -0.4 is 11.5 Å². The molecule has 0 saturated carbocycles. The number of benzene rings is 1. The number of aliphatic hydroxyl groups is 1. The van der Waals surface area contributed by atoms with Gasteiger partial charge in [-0.15, -0.1) is 0 Å². The molecule has 30 heavy (non-hydrogen) atoms. The van der Waals surface area contributed by atoms with Gasteiger partial charge in [0.2, 0.25) is 0 Å². The predicted octanol–water partition coefficient (Wildman–Crippen LogP) is 4.05. The maximum Gasteiger partial charge on any atom is 0.420 e. The third-order valence-corrected chi connectivity index (χ3v) is 4.33. The Bertz CT molecular complexity index is 910. The lowest BCUT2D eigenvalue weighted by Gasteiger charge is -2.43. The van der Waals surface area contributed by atoms with E-state index in [9.17, 15) is 62.9 Å². The molecule has 0 radical (unpaired) electrons. The number of fused-ring (bicyclic) bond motifs is 1. The average molecular weight is 464 g/mol. The van der Waals surface area contributed by atoms with Gasteiger partial charge in [0.15, 0.2) is 11.3 Å². The van der Waals surface area contributed by atoms with Crippen LogP contribution in [0.2, 0.25) is 0 Å². The number of aliphatic hydroxyl groups excluding tert-OH is 1. The zero-order valence-corrected chi connectivity index (χ0v) is 13.7. The zero-order chi connectivity index (χ0) is 23.8. The molecule has 1 aromatic carbocycles. The number of anilines is 1. The van der Waals surface area contributed by atoms with Gasteiger partial charge < -0.3 is 21.7 Å². The van der Waals surface area contributed by atoms with Gasteiger partial charge in [-0.25, -0.2) is 0 Å². The molecule has 6 N–H and O–H groups in total. The molecule has 170 valence electrons. The molecule has 4 nitrogen and oxygen atoms in total. The van der Waals surface area contributed by atoms with Crippen molar-refractivity contribution in [1.82, 2.24) is 0 Å². The number of aromatic hydroxyl groups is 1. The Labute approximate surface area is 157 Å². The summed E-state index contributed by atoms with van der Waals surface area (Å²) in [4.78, 5) is 0. The normalized spacial score (nSPS) is 23.3. The molecular weight excluding hydrogens is 456 g/mol. The Balaban J connectivity index is 3.36. The first kappa shape index (κ1) is 23.9. The Morgan fingerprint density at radius 1 is 0.800 bits per heavy atom. The second kappa shape index (κ2) is 6.32. The number of phenols is 1. The third kappa shape index (κ3) is 3.30. The molecule has 1 aliphatic rings. The van der Waals surface area contributed by atoms with Crippen LogP contribution in [0.5, 0.6) is 5.75 Å². The number of alkyl halides is 12. The monoisotopic (exact) mass is 464 g/mol. The number of phenolic OH excluding ortho intramolecular Hbond substituents is 1. The summed E-state index contributed by atoms with van der Waals surface area (Å²) in [6.07, 6.45) is -28.8. The third-order valence-electron chi connectivity index (χ3n) is 4.33. The van der Waals surface area contributed by atoms with Crippen molar-refractivity contribution in [1.29, 1.82) is 0 Å². The van der Waals surface area contributed by atoms with Crippen LogP contribution in [0.4, 0.5) is 58.4 Å². The maximum absolute atomic E-state index is 13.6. The minimum atomic E-state index is -6.21. The summed E-state index contributed by atoms with van der Waals surface area (Å²) in [5.41, 5.74) is -11.6. The van der Waals surface area contributed by atoms with Gasteiger partial charge in [0.05, 0.1) is 16.8 Å². The molecule has 0 fully saturated rings. The summed E-state index contributed by atoms with van der Waals surface area (Å²) in [7, 11) is 0. The summed E-state index contributed by atoms with van der Waals surface area (Å²) in [5.74, 6) is -2.62. The highest BCUT2D eigenvalue weighted by Gasteiger charge is 2.66. The Morgan fingerprint density at radius 3 is 1.57 bits per heavy atom. The molecule has 0 aliphatic heterocycles. The van der Waals surface area contributed by atoms with Crippen LogP contribution in [-0.4, -0.2) is 28.7 Å². The number of rotatable bonds is 0. The number of hydrogen-bond acceptors (Lipinski definition) is 4. The van der Waals surface area contributed by atoms with Crippen molar-refractivity contribution >= 4 is 11.3 Å². The Hall–Kier alpha value is -2.36. The fraction of sp³-hybridized carbons (Fsp3) is 0.429. The fourth-order valence-electron chi connectivity index (χ4n) is 3.08. The first-order valence-corrected chi connectivity index (χ1v) is 7.24. The number of hydrogen-bond donors (Lipinski definition) is 4. The minimum Gasteiger partial charge on any atom is -0.505 e. The van der Waals surface area contributed by atoms with Gasteiger partial charge in [-0.1, -0.05) is 0 Å². The van der Waals surface area contributed by atoms with Gasteiger partial charge in [0.25, 0.3) is 0 Å². The summed E-state index contributed by atoms with van der Waals surface area (Å²) in [6.45, 7) is 0. The average Bonchev–Trinajstić information content (AvgIpc) is 2.47. The summed E-state index contributed by atoms with van der Waals surface area (Å²) in [6, 6.07) is 0. The lowest BCUT2D eigenvalue weighted by molar-refractivity contribution is -0.214. The topological polar surface area (TPSA) is 92.5 Å². The highest BCUT2D eigenvalue weighted by atomic mass is 19.4. The summed E-state index contributed by atoms with van der Waals surface area (Å²) >= 11 is 0. The molecule has 0 bridgehead atoms. The summed E-state index contributed by atoms with van der Waals surface area (Å²) < 4.78 is 161. The summed E-state index contributed by atoms with van der Waals surface area (Å²) in [5, 5.41) is 19.2. The number of allylic oxidation sites excluding steroid dienone is 1. The van der Waals surface area contributed by atoms with E-state index in [1.54, 1.807) is 0 Å². The fourth-order valence-corrected chi connectivity index (χ4v) is 3.08. The molecule has 1 aliphatic carbocycles. The standard InChI is InChI=1S/C14H8F12N2O2/c15-11(16,17)2-1-3(29)10(28,14(24,25)26)5-4(2)6(12(18,19)20)8(27)9(30)7(5)13(21,22)23/h1,3,29-30H,27-28H2. The van der Waals surface area contributed by atoms with E-state index in [-0.39, 0.29) is 0 Å². The maximum atomic E-state index is 13.6. The SMILES string of the molecule is Nc1c(O)c(C(F)(F)F)c2c(c1C(F)(F)F)C(C(F)(F)F)=CC(O)C2(N)C(F)(F)F. The molecule has 2 unspecified atom stereocenters. The number of nitrogen functional groups attached to an aromatic ring is 1. The van der Waals surface area contributed by atoms with Crippen molar-refractivity contribution < 1.29 is 62.9 Å². The Kier molecular flexibility index (Phi) is 5.04. The van der Waals surface area contributed by atoms with Crippen LogP contribution in [0.15, 0.2) is 6.08 Å². The van der Waals surface area contributed by atoms with Crippen molar-refractivity contribution in [2.75, 3.05) is 5.73 Å². The van der Waals surface area contributed by atoms with Gasteiger partial charge in [-0.2, -0.15) is 52.7 Å².